The van der Waals surface area contributed by atoms with Crippen molar-refractivity contribution in [3.05, 3.63) is 35.4 Å². The van der Waals surface area contributed by atoms with E-state index in [4.69, 9.17) is 10.00 Å². The molecule has 1 N–H and O–H groups in total. The maximum Gasteiger partial charge on any atom is 0.418 e. The lowest BCUT2D eigenvalue weighted by Crippen LogP contribution is -2.39. The van der Waals surface area contributed by atoms with Gasteiger partial charge in [0.05, 0.1) is 11.6 Å². The number of nitriles is 1. The first-order chi connectivity index (χ1) is 11.7. The summed E-state index contributed by atoms with van der Waals surface area (Å²) in [6, 6.07) is 9.61. The predicted molar refractivity (Wildman–Crippen MR) is 92.6 cm³/mol. The van der Waals surface area contributed by atoms with E-state index in [1.54, 1.807) is 22.7 Å². The van der Waals surface area contributed by atoms with Crippen LogP contribution < -0.4 is 5.32 Å². The summed E-state index contributed by atoms with van der Waals surface area (Å²) in [5, 5.41) is 11.6. The molecule has 0 unspecified atom stereocenters. The molecule has 0 atom stereocenters. The van der Waals surface area contributed by atoms with Gasteiger partial charge < -0.3 is 15.0 Å². The van der Waals surface area contributed by atoms with E-state index in [1.165, 1.54) is 0 Å². The van der Waals surface area contributed by atoms with Crippen LogP contribution in [0.4, 0.5) is 9.59 Å². The van der Waals surface area contributed by atoms with Gasteiger partial charge in [-0.05, 0) is 30.9 Å². The zero-order valence-corrected chi connectivity index (χ0v) is 14.3. The molecule has 0 spiro atoms. The second-order valence-corrected chi connectivity index (χ2v) is 6.56. The zero-order valence-electron chi connectivity index (χ0n) is 13.5. The number of piperidine rings is 1. The van der Waals surface area contributed by atoms with E-state index in [0.29, 0.717) is 36.7 Å². The first-order valence-corrected chi connectivity index (χ1v) is 9.16. The summed E-state index contributed by atoms with van der Waals surface area (Å²) >= 11 is 1.61. The topological polar surface area (TPSA) is 82.4 Å². The first-order valence-electron chi connectivity index (χ1n) is 8.01. The molecule has 0 aromatic heterocycles. The summed E-state index contributed by atoms with van der Waals surface area (Å²) in [5.41, 5.74) is 1.65. The minimum Gasteiger partial charge on any atom is -0.359 e. The minimum atomic E-state index is -0.705. The highest BCUT2D eigenvalue weighted by atomic mass is 32.2. The van der Waals surface area contributed by atoms with Crippen LogP contribution in [-0.2, 0) is 10.5 Å². The van der Waals surface area contributed by atoms with Crippen LogP contribution in [0.15, 0.2) is 24.3 Å². The van der Waals surface area contributed by atoms with Gasteiger partial charge in [-0.3, -0.25) is 0 Å². The van der Waals surface area contributed by atoms with Crippen molar-refractivity contribution in [2.75, 3.05) is 25.4 Å². The van der Waals surface area contributed by atoms with Gasteiger partial charge in [-0.2, -0.15) is 17.0 Å². The lowest BCUT2D eigenvalue weighted by Gasteiger charge is -2.25. The van der Waals surface area contributed by atoms with Crippen molar-refractivity contribution in [2.45, 2.75) is 25.0 Å². The molecular formula is C17H21N3O3S. The van der Waals surface area contributed by atoms with E-state index in [1.807, 2.05) is 18.2 Å². The quantitative estimate of drug-likeness (QED) is 0.653. The van der Waals surface area contributed by atoms with Gasteiger partial charge >= 0.3 is 12.2 Å². The Morgan fingerprint density at radius 1 is 1.25 bits per heavy atom. The number of alkyl carbamates (subject to hydrolysis) is 1. The number of nitrogens with zero attached hydrogens (tertiary/aromatic N) is 2. The Hall–Kier alpha value is -2.20. The van der Waals surface area contributed by atoms with Gasteiger partial charge in [0.25, 0.3) is 0 Å². The molecule has 1 heterocycles. The van der Waals surface area contributed by atoms with Crippen molar-refractivity contribution in [2.24, 2.45) is 0 Å². The Labute approximate surface area is 146 Å². The number of amides is 2. The Morgan fingerprint density at radius 2 is 2.00 bits per heavy atom. The van der Waals surface area contributed by atoms with Gasteiger partial charge in [0.2, 0.25) is 0 Å². The number of ether oxygens (including phenoxy) is 1. The standard InChI is InChI=1S/C17H21N3O3S/c18-12-14-6-2-3-7-15(14)13-24-11-8-19-16(21)23-17(22)20-9-4-1-5-10-20/h2-3,6-7H,1,4-5,8-11,13H2,(H,19,21). The van der Waals surface area contributed by atoms with Crippen LogP contribution in [0.25, 0.3) is 0 Å². The molecule has 1 aliphatic rings. The number of nitrogens with one attached hydrogen (secondary N) is 1. The van der Waals surface area contributed by atoms with Crippen molar-refractivity contribution in [3.63, 3.8) is 0 Å². The number of carbonyl (C=O) groups excluding carboxylic acids is 2. The molecule has 1 saturated heterocycles. The molecule has 0 saturated carbocycles. The summed E-state index contributed by atoms with van der Waals surface area (Å²) in [5.74, 6) is 1.37. The summed E-state index contributed by atoms with van der Waals surface area (Å²) in [6.07, 6.45) is 1.75. The predicted octanol–water partition coefficient (Wildman–Crippen LogP) is 3.12. The largest absolute Gasteiger partial charge is 0.418 e. The average molecular weight is 347 g/mol. The van der Waals surface area contributed by atoms with Crippen molar-refractivity contribution in [1.82, 2.24) is 10.2 Å². The third kappa shape index (κ3) is 5.78. The fourth-order valence-corrected chi connectivity index (χ4v) is 3.28. The van der Waals surface area contributed by atoms with Gasteiger partial charge in [-0.15, -0.1) is 0 Å². The molecule has 1 fully saturated rings. The van der Waals surface area contributed by atoms with Crippen LogP contribution in [-0.4, -0.2) is 42.5 Å². The third-order valence-corrected chi connectivity index (χ3v) is 4.71. The molecular weight excluding hydrogens is 326 g/mol. The van der Waals surface area contributed by atoms with Gasteiger partial charge in [-0.25, -0.2) is 9.59 Å². The van der Waals surface area contributed by atoms with Crippen molar-refractivity contribution < 1.29 is 14.3 Å². The summed E-state index contributed by atoms with van der Waals surface area (Å²) in [7, 11) is 0. The van der Waals surface area contributed by atoms with E-state index < -0.39 is 12.2 Å². The second-order valence-electron chi connectivity index (χ2n) is 5.45. The lowest BCUT2D eigenvalue weighted by atomic mass is 10.1. The number of thioether (sulfide) groups is 1. The SMILES string of the molecule is N#Cc1ccccc1CSCCNC(=O)OC(=O)N1CCCCC1. The van der Waals surface area contributed by atoms with Gasteiger partial charge in [0, 0.05) is 31.1 Å². The molecule has 24 heavy (non-hydrogen) atoms. The highest BCUT2D eigenvalue weighted by Gasteiger charge is 2.20. The minimum absolute atomic E-state index is 0.408. The highest BCUT2D eigenvalue weighted by molar-refractivity contribution is 7.98. The number of likely N-dealkylation sites (tertiary alicyclic amines) is 1. The maximum absolute atomic E-state index is 11.8. The molecule has 7 heteroatoms. The van der Waals surface area contributed by atoms with Crippen LogP contribution in [0.1, 0.15) is 30.4 Å². The molecule has 1 aromatic rings. The maximum atomic E-state index is 11.8. The number of hydrogen-bond donors (Lipinski definition) is 1. The molecule has 6 nitrogen and oxygen atoms in total. The first kappa shape index (κ1) is 18.1. The van der Waals surface area contributed by atoms with Crippen LogP contribution in [0, 0.1) is 11.3 Å². The number of carbonyl (C=O) groups is 2. The number of rotatable bonds is 5. The fraction of sp³-hybridized carbons (Fsp3) is 0.471. The Kier molecular flexibility index (Phi) is 7.43. The van der Waals surface area contributed by atoms with Crippen LogP contribution in [0.5, 0.6) is 0 Å². The molecule has 0 aliphatic carbocycles. The van der Waals surface area contributed by atoms with E-state index in [0.717, 1.165) is 24.8 Å². The fourth-order valence-electron chi connectivity index (χ4n) is 2.42. The van der Waals surface area contributed by atoms with E-state index >= 15 is 0 Å². The molecule has 2 rings (SSSR count). The van der Waals surface area contributed by atoms with Gasteiger partial charge in [0.1, 0.15) is 0 Å². The molecule has 1 aromatic carbocycles. The average Bonchev–Trinajstić information content (AvgIpc) is 2.62. The van der Waals surface area contributed by atoms with Crippen LogP contribution in [0.2, 0.25) is 0 Å². The molecule has 2 amide bonds. The third-order valence-electron chi connectivity index (χ3n) is 3.71. The summed E-state index contributed by atoms with van der Waals surface area (Å²) < 4.78 is 4.78. The lowest BCUT2D eigenvalue weighted by molar-refractivity contribution is 0.111. The summed E-state index contributed by atoms with van der Waals surface area (Å²) in [4.78, 5) is 24.9. The Balaban J connectivity index is 1.61. The Morgan fingerprint density at radius 3 is 2.75 bits per heavy atom. The van der Waals surface area contributed by atoms with E-state index in [2.05, 4.69) is 11.4 Å². The van der Waals surface area contributed by atoms with Crippen molar-refractivity contribution >= 4 is 23.9 Å². The van der Waals surface area contributed by atoms with Crippen LogP contribution in [0.3, 0.4) is 0 Å². The number of hydrogen-bond acceptors (Lipinski definition) is 5. The van der Waals surface area contributed by atoms with E-state index in [-0.39, 0.29) is 0 Å². The number of benzene rings is 1. The zero-order chi connectivity index (χ0) is 17.2. The highest BCUT2D eigenvalue weighted by Crippen LogP contribution is 2.15. The smallest absolute Gasteiger partial charge is 0.359 e. The van der Waals surface area contributed by atoms with E-state index in [9.17, 15) is 9.59 Å². The molecule has 0 radical (unpaired) electrons. The Bertz CT molecular complexity index is 609. The molecule has 128 valence electrons. The van der Waals surface area contributed by atoms with Gasteiger partial charge in [-0.1, -0.05) is 18.2 Å². The van der Waals surface area contributed by atoms with Crippen LogP contribution >= 0.6 is 11.8 Å². The van der Waals surface area contributed by atoms with Gasteiger partial charge in [0.15, 0.2) is 0 Å². The summed E-state index contributed by atoms with van der Waals surface area (Å²) in [6.45, 7) is 1.71. The van der Waals surface area contributed by atoms with Crippen molar-refractivity contribution in [3.8, 4) is 6.07 Å². The second kappa shape index (κ2) is 9.83. The monoisotopic (exact) mass is 347 g/mol. The molecule has 1 aliphatic heterocycles. The molecule has 0 bridgehead atoms. The van der Waals surface area contributed by atoms with Crippen molar-refractivity contribution in [1.29, 1.82) is 5.26 Å². The normalized spacial score (nSPS) is 13.9.